The van der Waals surface area contributed by atoms with Crippen molar-refractivity contribution in [3.05, 3.63) is 34.9 Å². The molecule has 0 unspecified atom stereocenters. The van der Waals surface area contributed by atoms with E-state index in [1.165, 1.54) is 6.07 Å². The smallest absolute Gasteiger partial charge is 0.333 e. The topological polar surface area (TPSA) is 69.6 Å². The van der Waals surface area contributed by atoms with E-state index in [4.69, 9.17) is 5.21 Å². The van der Waals surface area contributed by atoms with Crippen molar-refractivity contribution in [2.75, 3.05) is 13.1 Å². The number of hydrogen-bond acceptors (Lipinski definition) is 3. The molecule has 1 fully saturated rings. The summed E-state index contributed by atoms with van der Waals surface area (Å²) in [6, 6.07) is 4.90. The number of carbonyl (C=O) groups is 2. The Labute approximate surface area is 149 Å². The maximum atomic E-state index is 12.6. The molecule has 0 radical (unpaired) electrons. The first kappa shape index (κ1) is 19.6. The fourth-order valence-electron chi connectivity index (χ4n) is 3.72. The zero-order valence-electron chi connectivity index (χ0n) is 13.3. The van der Waals surface area contributed by atoms with Gasteiger partial charge in [0.1, 0.15) is 6.54 Å². The monoisotopic (exact) mass is 376 g/mol. The minimum atomic E-state index is -4.39. The van der Waals surface area contributed by atoms with Crippen molar-refractivity contribution in [1.82, 2.24) is 10.4 Å². The molecule has 0 aromatic heterocycles. The number of rotatable bonds is 2. The molecule has 0 bridgehead atoms. The van der Waals surface area contributed by atoms with Gasteiger partial charge in [-0.3, -0.25) is 14.8 Å². The average molecular weight is 376 g/mol. The van der Waals surface area contributed by atoms with Gasteiger partial charge in [0.2, 0.25) is 5.91 Å². The van der Waals surface area contributed by atoms with E-state index in [9.17, 15) is 22.8 Å². The molecule has 1 spiro atoms. The second-order valence-electron chi connectivity index (χ2n) is 6.47. The highest BCUT2D eigenvalue weighted by atomic mass is 32.1. The molecule has 1 aromatic rings. The summed E-state index contributed by atoms with van der Waals surface area (Å²) in [5.41, 5.74) is 2.87. The molecule has 138 valence electrons. The molecule has 5 nitrogen and oxygen atoms in total. The fraction of sp³-hybridized carbons (Fsp3) is 0.500. The number of amides is 2. The Balaban J connectivity index is 0.00000225. The third-order valence-electron chi connectivity index (χ3n) is 4.94. The van der Waals surface area contributed by atoms with Gasteiger partial charge in [-0.15, -0.1) is 0 Å². The minimum absolute atomic E-state index is 0. The van der Waals surface area contributed by atoms with E-state index in [0.717, 1.165) is 16.0 Å². The molecule has 1 aliphatic carbocycles. The van der Waals surface area contributed by atoms with Crippen molar-refractivity contribution in [3.8, 4) is 0 Å². The van der Waals surface area contributed by atoms with Crippen LogP contribution in [0.4, 0.5) is 13.2 Å². The molecule has 2 N–H and O–H groups in total. The van der Waals surface area contributed by atoms with Crippen LogP contribution in [0, 0.1) is 5.41 Å². The van der Waals surface area contributed by atoms with Crippen LogP contribution < -0.4 is 5.48 Å². The van der Waals surface area contributed by atoms with Crippen molar-refractivity contribution < 1.29 is 28.0 Å². The predicted molar refractivity (Wildman–Crippen MR) is 87.8 cm³/mol. The van der Waals surface area contributed by atoms with Crippen LogP contribution in [0.15, 0.2) is 18.2 Å². The predicted octanol–water partition coefficient (Wildman–Crippen LogP) is 2.19. The highest BCUT2D eigenvalue weighted by Gasteiger charge is 2.50. The molecule has 1 heterocycles. The van der Waals surface area contributed by atoms with Crippen LogP contribution >= 0.6 is 13.5 Å². The lowest BCUT2D eigenvalue weighted by Crippen LogP contribution is -2.42. The zero-order valence-corrected chi connectivity index (χ0v) is 14.3. The van der Waals surface area contributed by atoms with Gasteiger partial charge in [-0.1, -0.05) is 6.07 Å². The average Bonchev–Trinajstić information content (AvgIpc) is 2.81. The van der Waals surface area contributed by atoms with Crippen LogP contribution in [0.3, 0.4) is 0 Å². The Morgan fingerprint density at radius 3 is 2.64 bits per heavy atom. The van der Waals surface area contributed by atoms with Gasteiger partial charge in [-0.25, -0.2) is 5.48 Å². The van der Waals surface area contributed by atoms with Crippen LogP contribution in [-0.4, -0.2) is 41.2 Å². The molecule has 1 atom stereocenters. The number of benzene rings is 1. The molecule has 1 aliphatic heterocycles. The third-order valence-corrected chi connectivity index (χ3v) is 4.94. The van der Waals surface area contributed by atoms with Crippen molar-refractivity contribution in [1.29, 1.82) is 0 Å². The Morgan fingerprint density at radius 2 is 2.00 bits per heavy atom. The first-order chi connectivity index (χ1) is 11.2. The van der Waals surface area contributed by atoms with Crippen molar-refractivity contribution in [3.63, 3.8) is 0 Å². The molecule has 2 aliphatic rings. The summed E-state index contributed by atoms with van der Waals surface area (Å²) >= 11 is 0. The van der Waals surface area contributed by atoms with E-state index in [2.05, 4.69) is 0 Å². The molecule has 2 amide bonds. The summed E-state index contributed by atoms with van der Waals surface area (Å²) in [4.78, 5) is 24.9. The zero-order chi connectivity index (χ0) is 17.5. The quantitative estimate of drug-likeness (QED) is 0.614. The Hall–Kier alpha value is -1.74. The SMILES string of the molecule is O=C(NO)c1ccc2c(c1)CC[C@@]1(CCN(CC(F)(F)F)C1=O)C2.S. The van der Waals surface area contributed by atoms with Gasteiger partial charge >= 0.3 is 6.18 Å². The lowest BCUT2D eigenvalue weighted by molar-refractivity contribution is -0.161. The van der Waals surface area contributed by atoms with E-state index in [1.807, 2.05) is 0 Å². The van der Waals surface area contributed by atoms with Gasteiger partial charge in [0.15, 0.2) is 0 Å². The number of carbonyl (C=O) groups excluding carboxylic acids is 2. The van der Waals surface area contributed by atoms with Crippen LogP contribution in [0.25, 0.3) is 0 Å². The minimum Gasteiger partial charge on any atom is -0.333 e. The van der Waals surface area contributed by atoms with E-state index in [-0.39, 0.29) is 20.0 Å². The number of aryl methyl sites for hydroxylation is 1. The number of fused-ring (bicyclic) bond motifs is 1. The van der Waals surface area contributed by atoms with Crippen molar-refractivity contribution >= 4 is 25.3 Å². The molecular formula is C16H19F3N2O3S. The van der Waals surface area contributed by atoms with Crippen LogP contribution in [0.1, 0.15) is 34.3 Å². The van der Waals surface area contributed by atoms with Gasteiger partial charge in [-0.05, 0) is 48.9 Å². The maximum Gasteiger partial charge on any atom is 0.406 e. The molecule has 0 saturated carbocycles. The van der Waals surface area contributed by atoms with Gasteiger partial charge in [0.25, 0.3) is 5.91 Å². The summed E-state index contributed by atoms with van der Waals surface area (Å²) in [5, 5.41) is 8.67. The van der Waals surface area contributed by atoms with E-state index in [1.54, 1.807) is 17.6 Å². The second-order valence-corrected chi connectivity index (χ2v) is 6.47. The largest absolute Gasteiger partial charge is 0.406 e. The van der Waals surface area contributed by atoms with E-state index in [0.29, 0.717) is 31.2 Å². The first-order valence-corrected chi connectivity index (χ1v) is 7.66. The molecule has 1 aromatic carbocycles. The maximum absolute atomic E-state index is 12.6. The Kier molecular flexibility index (Phi) is 5.38. The number of nitrogens with one attached hydrogen (secondary N) is 1. The molecule has 1 saturated heterocycles. The van der Waals surface area contributed by atoms with Crippen molar-refractivity contribution in [2.24, 2.45) is 5.41 Å². The van der Waals surface area contributed by atoms with Crippen molar-refractivity contribution in [2.45, 2.75) is 31.9 Å². The standard InChI is InChI=1S/C16H17F3N2O3.H2S/c17-16(18,19)9-21-6-5-15(14(21)23)4-3-10-7-11(13(22)20-24)1-2-12(10)8-15;/h1-2,7,24H,3-6,8-9H2,(H,20,22);1H2/t15-;/m1./s1. The van der Waals surface area contributed by atoms with Gasteiger partial charge in [0.05, 0.1) is 5.41 Å². The first-order valence-electron chi connectivity index (χ1n) is 7.66. The second kappa shape index (κ2) is 6.87. The molecule has 3 rings (SSSR count). The highest BCUT2D eigenvalue weighted by Crippen LogP contribution is 2.44. The van der Waals surface area contributed by atoms with Gasteiger partial charge in [-0.2, -0.15) is 26.7 Å². The summed E-state index contributed by atoms with van der Waals surface area (Å²) in [5.74, 6) is -1.05. The number of hydrogen-bond donors (Lipinski definition) is 2. The number of likely N-dealkylation sites (tertiary alicyclic amines) is 1. The summed E-state index contributed by atoms with van der Waals surface area (Å²) < 4.78 is 37.7. The van der Waals surface area contributed by atoms with Crippen LogP contribution in [0.2, 0.25) is 0 Å². The number of hydroxylamine groups is 1. The molecular weight excluding hydrogens is 357 g/mol. The Morgan fingerprint density at radius 1 is 1.28 bits per heavy atom. The van der Waals surface area contributed by atoms with Crippen LogP contribution in [0.5, 0.6) is 0 Å². The third kappa shape index (κ3) is 3.77. The highest BCUT2D eigenvalue weighted by molar-refractivity contribution is 7.59. The fourth-order valence-corrected chi connectivity index (χ4v) is 3.72. The normalized spacial score (nSPS) is 22.6. The number of halogens is 3. The lowest BCUT2D eigenvalue weighted by atomic mass is 9.70. The summed E-state index contributed by atoms with van der Waals surface area (Å²) in [6.07, 6.45) is -2.60. The Bertz CT molecular complexity index is 696. The summed E-state index contributed by atoms with van der Waals surface area (Å²) in [6.45, 7) is -1.07. The van der Waals surface area contributed by atoms with Gasteiger partial charge < -0.3 is 4.90 Å². The number of alkyl halides is 3. The van der Waals surface area contributed by atoms with Gasteiger partial charge in [0, 0.05) is 12.1 Å². The van der Waals surface area contributed by atoms with Crippen LogP contribution in [-0.2, 0) is 17.6 Å². The van der Waals surface area contributed by atoms with E-state index < -0.39 is 30.0 Å². The number of nitrogens with zero attached hydrogens (tertiary/aromatic N) is 1. The summed E-state index contributed by atoms with van der Waals surface area (Å²) in [7, 11) is 0. The lowest BCUT2D eigenvalue weighted by Gasteiger charge is -2.33. The molecule has 25 heavy (non-hydrogen) atoms. The van der Waals surface area contributed by atoms with E-state index >= 15 is 0 Å². The molecule has 9 heteroatoms.